The lowest BCUT2D eigenvalue weighted by atomic mass is 10.0. The van der Waals surface area contributed by atoms with Crippen LogP contribution in [-0.4, -0.2) is 50.6 Å². The quantitative estimate of drug-likeness (QED) is 0.200. The minimum atomic E-state index is -2.62. The summed E-state index contributed by atoms with van der Waals surface area (Å²) >= 11 is 0. The lowest BCUT2D eigenvalue weighted by Crippen LogP contribution is -2.26. The Morgan fingerprint density at radius 2 is 1.88 bits per heavy atom. The fraction of sp³-hybridized carbons (Fsp3) is 0.212. The highest BCUT2D eigenvalue weighted by Gasteiger charge is 2.37. The molecule has 0 spiro atoms. The van der Waals surface area contributed by atoms with Gasteiger partial charge in [-0.2, -0.15) is 5.10 Å². The number of likely N-dealkylation sites (tertiary alicyclic amines) is 1. The Labute approximate surface area is 236 Å². The first-order chi connectivity index (χ1) is 19.6. The average Bonchev–Trinajstić information content (AvgIpc) is 3.63. The third-order valence-corrected chi connectivity index (χ3v) is 7.28. The normalized spacial score (nSPS) is 16.2. The van der Waals surface area contributed by atoms with Crippen LogP contribution in [0.3, 0.4) is 0 Å². The maximum Gasteiger partial charge on any atom is 0.261 e. The first kappa shape index (κ1) is 26.8. The standard InChI is InChI=1S/C33H30F3N5/c1-20(2)14-23(15-21(3)18-41-13-12-33(35,36)19-41)27-10-11-29-31(38-27)32(40-39-29)30-17-26-25(8-5-9-28(26)37-30)22-6-4-7-24(34)16-22/h4-11,14-17,37H,1,12-13,18-19H2,2-3H3,(H,39,40)/b21-15+,23-14+. The molecule has 2 aromatic carbocycles. The average molecular weight is 554 g/mol. The number of pyridine rings is 1. The van der Waals surface area contributed by atoms with Gasteiger partial charge in [-0.25, -0.2) is 18.2 Å². The van der Waals surface area contributed by atoms with Gasteiger partial charge in [-0.05, 0) is 61.4 Å². The predicted molar refractivity (Wildman–Crippen MR) is 159 cm³/mol. The van der Waals surface area contributed by atoms with Gasteiger partial charge in [0.2, 0.25) is 0 Å². The zero-order valence-corrected chi connectivity index (χ0v) is 22.9. The molecule has 0 aliphatic carbocycles. The van der Waals surface area contributed by atoms with E-state index >= 15 is 0 Å². The van der Waals surface area contributed by atoms with Crippen LogP contribution in [0.1, 0.15) is 26.0 Å². The van der Waals surface area contributed by atoms with Crippen molar-refractivity contribution < 1.29 is 13.2 Å². The third-order valence-electron chi connectivity index (χ3n) is 7.28. The summed E-state index contributed by atoms with van der Waals surface area (Å²) in [6.07, 6.45) is 3.84. The molecule has 1 aliphatic rings. The number of aromatic amines is 2. The number of fused-ring (bicyclic) bond motifs is 2. The summed E-state index contributed by atoms with van der Waals surface area (Å²) in [6.45, 7) is 8.53. The van der Waals surface area contributed by atoms with Crippen LogP contribution in [-0.2, 0) is 0 Å². The number of hydrogen-bond acceptors (Lipinski definition) is 3. The van der Waals surface area contributed by atoms with E-state index in [9.17, 15) is 13.2 Å². The highest BCUT2D eigenvalue weighted by atomic mass is 19.3. The number of alkyl halides is 2. The molecule has 5 aromatic rings. The molecule has 208 valence electrons. The number of H-pyrrole nitrogens is 2. The first-order valence-electron chi connectivity index (χ1n) is 13.5. The summed E-state index contributed by atoms with van der Waals surface area (Å²) in [6, 6.07) is 18.3. The number of benzene rings is 2. The number of aromatic nitrogens is 4. The summed E-state index contributed by atoms with van der Waals surface area (Å²) < 4.78 is 41.4. The smallest absolute Gasteiger partial charge is 0.261 e. The molecule has 0 atom stereocenters. The molecule has 3 aromatic heterocycles. The van der Waals surface area contributed by atoms with E-state index in [1.165, 1.54) is 12.1 Å². The van der Waals surface area contributed by atoms with E-state index in [2.05, 4.69) is 21.8 Å². The molecule has 0 unspecified atom stereocenters. The Morgan fingerprint density at radius 1 is 1.05 bits per heavy atom. The second-order valence-electron chi connectivity index (χ2n) is 10.9. The van der Waals surface area contributed by atoms with Gasteiger partial charge in [0.05, 0.1) is 23.4 Å². The predicted octanol–water partition coefficient (Wildman–Crippen LogP) is 8.16. The summed E-state index contributed by atoms with van der Waals surface area (Å²) in [5, 5.41) is 8.60. The van der Waals surface area contributed by atoms with Crippen LogP contribution in [0.2, 0.25) is 0 Å². The van der Waals surface area contributed by atoms with Crippen LogP contribution in [0, 0.1) is 5.82 Å². The maximum atomic E-state index is 14.0. The van der Waals surface area contributed by atoms with Crippen molar-refractivity contribution in [2.45, 2.75) is 26.2 Å². The van der Waals surface area contributed by atoms with Crippen molar-refractivity contribution in [2.24, 2.45) is 0 Å². The molecule has 1 saturated heterocycles. The van der Waals surface area contributed by atoms with Crippen molar-refractivity contribution >= 4 is 27.5 Å². The van der Waals surface area contributed by atoms with Crippen molar-refractivity contribution in [3.8, 4) is 22.5 Å². The number of allylic oxidation sites excluding steroid dienone is 4. The monoisotopic (exact) mass is 553 g/mol. The zero-order chi connectivity index (χ0) is 28.7. The van der Waals surface area contributed by atoms with Crippen LogP contribution in [0.25, 0.3) is 50.0 Å². The van der Waals surface area contributed by atoms with Gasteiger partial charge in [-0.15, -0.1) is 0 Å². The second-order valence-corrected chi connectivity index (χ2v) is 10.9. The molecule has 0 amide bonds. The van der Waals surface area contributed by atoms with Crippen LogP contribution in [0.15, 0.2) is 90.5 Å². The van der Waals surface area contributed by atoms with Crippen molar-refractivity contribution in [3.63, 3.8) is 0 Å². The van der Waals surface area contributed by atoms with Crippen molar-refractivity contribution in [3.05, 3.63) is 102 Å². The van der Waals surface area contributed by atoms with Crippen molar-refractivity contribution in [1.82, 2.24) is 25.1 Å². The Kier molecular flexibility index (Phi) is 6.87. The Hall–Kier alpha value is -4.43. The number of hydrogen-bond donors (Lipinski definition) is 2. The van der Waals surface area contributed by atoms with Gasteiger partial charge in [-0.1, -0.05) is 54.1 Å². The minimum absolute atomic E-state index is 0.103. The highest BCUT2D eigenvalue weighted by molar-refractivity contribution is 6.00. The molecule has 0 saturated carbocycles. The van der Waals surface area contributed by atoms with Crippen LogP contribution >= 0.6 is 0 Å². The summed E-state index contributed by atoms with van der Waals surface area (Å²) in [5.41, 5.74) is 8.93. The fourth-order valence-corrected chi connectivity index (χ4v) is 5.50. The molecule has 1 fully saturated rings. The van der Waals surface area contributed by atoms with E-state index in [0.29, 0.717) is 24.3 Å². The van der Waals surface area contributed by atoms with Gasteiger partial charge < -0.3 is 4.98 Å². The molecule has 6 rings (SSSR count). The summed E-state index contributed by atoms with van der Waals surface area (Å²) in [4.78, 5) is 10.2. The van der Waals surface area contributed by atoms with Gasteiger partial charge in [0, 0.05) is 36.0 Å². The van der Waals surface area contributed by atoms with Gasteiger partial charge in [0.25, 0.3) is 5.92 Å². The van der Waals surface area contributed by atoms with E-state index in [1.54, 1.807) is 11.0 Å². The van der Waals surface area contributed by atoms with Gasteiger partial charge in [-0.3, -0.25) is 10.00 Å². The maximum absolute atomic E-state index is 14.0. The van der Waals surface area contributed by atoms with Crippen LogP contribution in [0.4, 0.5) is 13.2 Å². The van der Waals surface area contributed by atoms with E-state index in [0.717, 1.165) is 55.7 Å². The largest absolute Gasteiger partial charge is 0.353 e. The van der Waals surface area contributed by atoms with Crippen LogP contribution < -0.4 is 0 Å². The van der Waals surface area contributed by atoms with E-state index in [1.807, 2.05) is 68.5 Å². The molecular weight excluding hydrogens is 523 g/mol. The molecule has 1 aliphatic heterocycles. The molecule has 0 radical (unpaired) electrons. The Balaban J connectivity index is 1.37. The molecule has 0 bridgehead atoms. The Bertz CT molecular complexity index is 1840. The molecule has 5 nitrogen and oxygen atoms in total. The van der Waals surface area contributed by atoms with Gasteiger partial charge in [0.1, 0.15) is 17.0 Å². The summed E-state index contributed by atoms with van der Waals surface area (Å²) in [5.74, 6) is -2.91. The highest BCUT2D eigenvalue weighted by Crippen LogP contribution is 2.34. The van der Waals surface area contributed by atoms with Gasteiger partial charge >= 0.3 is 0 Å². The zero-order valence-electron chi connectivity index (χ0n) is 22.9. The first-order valence-corrected chi connectivity index (χ1v) is 13.5. The van der Waals surface area contributed by atoms with Crippen molar-refractivity contribution in [2.75, 3.05) is 19.6 Å². The van der Waals surface area contributed by atoms with Crippen LogP contribution in [0.5, 0.6) is 0 Å². The molecule has 4 heterocycles. The molecule has 41 heavy (non-hydrogen) atoms. The lowest BCUT2D eigenvalue weighted by molar-refractivity contribution is 0.0131. The van der Waals surface area contributed by atoms with Crippen molar-refractivity contribution in [1.29, 1.82) is 0 Å². The van der Waals surface area contributed by atoms with E-state index < -0.39 is 5.92 Å². The lowest BCUT2D eigenvalue weighted by Gasteiger charge is -2.16. The van der Waals surface area contributed by atoms with Gasteiger partial charge in [0.15, 0.2) is 0 Å². The second kappa shape index (κ2) is 10.5. The van der Waals surface area contributed by atoms with E-state index in [-0.39, 0.29) is 18.8 Å². The topological polar surface area (TPSA) is 60.6 Å². The third kappa shape index (κ3) is 5.60. The summed E-state index contributed by atoms with van der Waals surface area (Å²) in [7, 11) is 0. The minimum Gasteiger partial charge on any atom is -0.353 e. The number of halogens is 3. The number of rotatable bonds is 7. The molecular formula is C33H30F3N5. The molecule has 8 heteroatoms. The number of nitrogens with zero attached hydrogens (tertiary/aromatic N) is 3. The number of nitrogens with one attached hydrogen (secondary N) is 2. The Morgan fingerprint density at radius 3 is 2.63 bits per heavy atom. The molecule has 2 N–H and O–H groups in total. The SMILES string of the molecule is C=C(C)/C=C(\C=C(/C)CN1CCC(F)(F)C1)c1ccc2[nH]nc(-c3cc4c(-c5cccc(F)c5)cccc4[nH]3)c2n1. The fourth-order valence-electron chi connectivity index (χ4n) is 5.50. The van der Waals surface area contributed by atoms with E-state index in [4.69, 9.17) is 4.98 Å².